The monoisotopic (exact) mass is 800 g/mol. The van der Waals surface area contributed by atoms with Gasteiger partial charge in [0.1, 0.15) is 6.61 Å². The summed E-state index contributed by atoms with van der Waals surface area (Å²) < 4.78 is 411. The molecule has 0 heterocycles. The molecule has 0 radical (unpaired) electrons. The van der Waals surface area contributed by atoms with E-state index in [0.29, 0.717) is 0 Å². The molecule has 0 aromatic heterocycles. The van der Waals surface area contributed by atoms with Crippen molar-refractivity contribution in [1.29, 1.82) is 0 Å². The molecule has 0 unspecified atom stereocenters. The Bertz CT molecular complexity index is 1170. The maximum Gasteiger partial charge on any atom is 0.460 e. The smallest absolute Gasteiger partial charge is 0.390 e. The molecule has 290 valence electrons. The van der Waals surface area contributed by atoms with Crippen molar-refractivity contribution in [2.24, 2.45) is 0 Å². The van der Waals surface area contributed by atoms with Crippen molar-refractivity contribution in [3.05, 3.63) is 0 Å². The minimum atomic E-state index is -10.1. The first-order valence-electron chi connectivity index (χ1n) is 10.0. The fourth-order valence-corrected chi connectivity index (χ4v) is 2.68. The number of aliphatic hydroxyl groups is 1. The topological polar surface area (TPSA) is 20.2 Å². The van der Waals surface area contributed by atoms with Crippen molar-refractivity contribution >= 4 is 0 Å². The van der Waals surface area contributed by atoms with E-state index in [9.17, 15) is 136 Å². The van der Waals surface area contributed by atoms with Crippen LogP contribution in [0.25, 0.3) is 0 Å². The first kappa shape index (κ1) is 45.8. The zero-order valence-corrected chi connectivity index (χ0v) is 20.4. The van der Waals surface area contributed by atoms with Crippen LogP contribution in [0.5, 0.6) is 0 Å². The van der Waals surface area contributed by atoms with Crippen molar-refractivity contribution in [3.8, 4) is 0 Å². The lowest BCUT2D eigenvalue weighted by atomic mass is 9.83. The molecule has 1 nitrogen and oxygen atoms in total. The third-order valence-electron chi connectivity index (χ3n) is 5.75. The Labute approximate surface area is 238 Å². The van der Waals surface area contributed by atoms with Crippen molar-refractivity contribution < 1.29 is 141 Å². The van der Waals surface area contributed by atoms with Gasteiger partial charge in [-0.15, -0.1) is 0 Å². The number of rotatable bonds is 14. The first-order valence-corrected chi connectivity index (χ1v) is 10.0. The van der Waals surface area contributed by atoms with E-state index >= 15 is 0 Å². The van der Waals surface area contributed by atoms with Crippen LogP contribution in [0.15, 0.2) is 0 Å². The van der Waals surface area contributed by atoms with Crippen LogP contribution in [-0.2, 0) is 0 Å². The third kappa shape index (κ3) is 4.99. The van der Waals surface area contributed by atoms with Crippen LogP contribution in [0.2, 0.25) is 0 Å². The molecule has 0 fully saturated rings. The third-order valence-corrected chi connectivity index (χ3v) is 5.75. The standard InChI is InChI=1S/C16H3F31O/c17-2(18,1-48)3(19,20)4(21,22)5(23,24)6(25,26)7(27,28)8(29,30)9(31,32)10(33,34)11(35,36)12(37,38)13(39,40)14(41,42)15(43,44)16(45,46)47/h48H,1H2. The SMILES string of the molecule is OCC(F)(F)C(F)(F)C(F)(F)C(F)(F)C(F)(F)C(F)(F)C(F)(F)C(F)(F)C(F)(F)C(F)(F)C(F)(F)C(F)(F)C(F)(F)C(F)(F)C(F)(F)F. The zero-order chi connectivity index (χ0) is 40.2. The van der Waals surface area contributed by atoms with Crippen LogP contribution in [0.4, 0.5) is 136 Å². The van der Waals surface area contributed by atoms with E-state index < -0.39 is 95.7 Å². The minimum absolute atomic E-state index is 3.89. The Morgan fingerprint density at radius 1 is 0.208 bits per heavy atom. The highest BCUT2D eigenvalue weighted by atomic mass is 19.4. The summed E-state index contributed by atoms with van der Waals surface area (Å²) in [5.74, 6) is -132. The molecular formula is C16H3F31O. The second kappa shape index (κ2) is 10.9. The molecule has 0 aliphatic rings. The van der Waals surface area contributed by atoms with Gasteiger partial charge in [-0.2, -0.15) is 136 Å². The summed E-state index contributed by atoms with van der Waals surface area (Å²) in [6.07, 6.45) is -8.34. The van der Waals surface area contributed by atoms with Gasteiger partial charge in [-0.25, -0.2) is 0 Å². The molecule has 0 amide bonds. The average Bonchev–Trinajstić information content (AvgIpc) is 2.86. The Hall–Kier alpha value is -2.21. The lowest BCUT2D eigenvalue weighted by molar-refractivity contribution is -0.489. The van der Waals surface area contributed by atoms with Gasteiger partial charge in [0, 0.05) is 0 Å². The molecule has 48 heavy (non-hydrogen) atoms. The van der Waals surface area contributed by atoms with Gasteiger partial charge < -0.3 is 5.11 Å². The van der Waals surface area contributed by atoms with E-state index in [4.69, 9.17) is 5.11 Å². The van der Waals surface area contributed by atoms with Gasteiger partial charge in [-0.1, -0.05) is 0 Å². The summed E-state index contributed by atoms with van der Waals surface area (Å²) in [4.78, 5) is 0. The van der Waals surface area contributed by atoms with E-state index in [1.54, 1.807) is 0 Å². The number of aliphatic hydroxyl groups excluding tert-OH is 1. The van der Waals surface area contributed by atoms with Crippen molar-refractivity contribution in [2.75, 3.05) is 6.61 Å². The van der Waals surface area contributed by atoms with Crippen molar-refractivity contribution in [2.45, 2.75) is 89.1 Å². The van der Waals surface area contributed by atoms with E-state index in [1.165, 1.54) is 0 Å². The van der Waals surface area contributed by atoms with Gasteiger partial charge in [0.25, 0.3) is 0 Å². The molecule has 0 saturated heterocycles. The van der Waals surface area contributed by atoms with Gasteiger partial charge >= 0.3 is 89.1 Å². The molecule has 0 aliphatic carbocycles. The van der Waals surface area contributed by atoms with Gasteiger partial charge in [0.05, 0.1) is 0 Å². The molecular weight excluding hydrogens is 797 g/mol. The largest absolute Gasteiger partial charge is 0.460 e. The lowest BCUT2D eigenvalue weighted by Gasteiger charge is -2.46. The van der Waals surface area contributed by atoms with E-state index in [-0.39, 0.29) is 0 Å². The van der Waals surface area contributed by atoms with Gasteiger partial charge in [-0.05, 0) is 0 Å². The predicted octanol–water partition coefficient (Wildman–Crippen LogP) is 9.44. The minimum Gasteiger partial charge on any atom is -0.390 e. The Morgan fingerprint density at radius 2 is 0.333 bits per heavy atom. The fourth-order valence-electron chi connectivity index (χ4n) is 2.68. The van der Waals surface area contributed by atoms with E-state index in [0.717, 1.165) is 0 Å². The maximum atomic E-state index is 13.7. The molecule has 0 aromatic rings. The van der Waals surface area contributed by atoms with Crippen LogP contribution in [-0.4, -0.2) is 101 Å². The highest BCUT2D eigenvalue weighted by molar-refractivity contribution is 5.21. The van der Waals surface area contributed by atoms with Crippen LogP contribution in [0, 0.1) is 0 Å². The number of hydrogen-bond donors (Lipinski definition) is 1. The molecule has 0 bridgehead atoms. The predicted molar refractivity (Wildman–Crippen MR) is 82.4 cm³/mol. The molecule has 32 heteroatoms. The second-order valence-corrected chi connectivity index (χ2v) is 8.83. The Morgan fingerprint density at radius 3 is 0.458 bits per heavy atom. The molecule has 0 saturated carbocycles. The summed E-state index contributed by atoms with van der Waals surface area (Å²) >= 11 is 0. The molecule has 0 aromatic carbocycles. The van der Waals surface area contributed by atoms with E-state index in [1.807, 2.05) is 0 Å². The normalized spacial score (nSPS) is 17.2. The molecule has 0 aliphatic heterocycles. The second-order valence-electron chi connectivity index (χ2n) is 8.83. The summed E-state index contributed by atoms with van der Waals surface area (Å²) in [6, 6.07) is 0. The van der Waals surface area contributed by atoms with Crippen LogP contribution in [0.3, 0.4) is 0 Å². The average molecular weight is 800 g/mol. The number of hydrogen-bond acceptors (Lipinski definition) is 1. The van der Waals surface area contributed by atoms with Crippen LogP contribution < -0.4 is 0 Å². The molecule has 0 spiro atoms. The Balaban J connectivity index is 7.63. The Kier molecular flexibility index (Phi) is 10.4. The molecule has 1 N–H and O–H groups in total. The number of halogens is 31. The molecule has 0 atom stereocenters. The first-order chi connectivity index (χ1) is 20.1. The lowest BCUT2D eigenvalue weighted by Crippen LogP contribution is -2.79. The van der Waals surface area contributed by atoms with E-state index in [2.05, 4.69) is 0 Å². The zero-order valence-electron chi connectivity index (χ0n) is 20.4. The fraction of sp³-hybridized carbons (Fsp3) is 1.00. The van der Waals surface area contributed by atoms with Gasteiger partial charge in [0.15, 0.2) is 0 Å². The van der Waals surface area contributed by atoms with Crippen LogP contribution >= 0.6 is 0 Å². The maximum absolute atomic E-state index is 13.7. The number of alkyl halides is 31. The van der Waals surface area contributed by atoms with Crippen LogP contribution in [0.1, 0.15) is 0 Å². The summed E-state index contributed by atoms with van der Waals surface area (Å²) in [5.41, 5.74) is 0. The highest BCUT2D eigenvalue weighted by Gasteiger charge is 3.01. The summed E-state index contributed by atoms with van der Waals surface area (Å²) in [6.45, 7) is -3.89. The van der Waals surface area contributed by atoms with Crippen molar-refractivity contribution in [3.63, 3.8) is 0 Å². The van der Waals surface area contributed by atoms with Gasteiger partial charge in [-0.3, -0.25) is 0 Å². The highest BCUT2D eigenvalue weighted by Crippen LogP contribution is 2.69. The van der Waals surface area contributed by atoms with Gasteiger partial charge in [0.2, 0.25) is 0 Å². The quantitative estimate of drug-likeness (QED) is 0.174. The summed E-state index contributed by atoms with van der Waals surface area (Å²) in [7, 11) is 0. The summed E-state index contributed by atoms with van der Waals surface area (Å²) in [5, 5.41) is 7.80. The van der Waals surface area contributed by atoms with Crippen molar-refractivity contribution in [1.82, 2.24) is 0 Å². The molecule has 0 rings (SSSR count).